The Balaban J connectivity index is 2.11. The van der Waals surface area contributed by atoms with Gasteiger partial charge in [0.1, 0.15) is 0 Å². The number of fused-ring (bicyclic) bond motifs is 1. The van der Waals surface area contributed by atoms with E-state index < -0.39 is 0 Å². The van der Waals surface area contributed by atoms with Gasteiger partial charge in [0.05, 0.1) is 5.69 Å². The van der Waals surface area contributed by atoms with Gasteiger partial charge in [-0.25, -0.2) is 0 Å². The van der Waals surface area contributed by atoms with Crippen LogP contribution in [0.1, 0.15) is 81.2 Å². The fourth-order valence-electron chi connectivity index (χ4n) is 3.75. The van der Waals surface area contributed by atoms with Crippen molar-refractivity contribution in [1.82, 2.24) is 5.16 Å². The highest BCUT2D eigenvalue weighted by atomic mass is 16.5. The molecule has 1 aliphatic rings. The molecule has 1 heterocycles. The quantitative estimate of drug-likeness (QED) is 0.657. The zero-order chi connectivity index (χ0) is 17.7. The number of benzene rings is 1. The van der Waals surface area contributed by atoms with Crippen molar-refractivity contribution in [3.8, 4) is 0 Å². The van der Waals surface area contributed by atoms with Crippen LogP contribution in [0.5, 0.6) is 0 Å². The second-order valence-electron chi connectivity index (χ2n) is 8.68. The third-order valence-corrected chi connectivity index (χ3v) is 5.63. The Morgan fingerprint density at radius 1 is 1.00 bits per heavy atom. The maximum absolute atomic E-state index is 5.41. The maximum atomic E-state index is 5.41. The van der Waals surface area contributed by atoms with E-state index in [9.17, 15) is 0 Å². The van der Waals surface area contributed by atoms with E-state index in [-0.39, 0.29) is 10.8 Å². The van der Waals surface area contributed by atoms with E-state index in [4.69, 9.17) is 4.52 Å². The molecule has 0 fully saturated rings. The molecular weight excluding hydrogens is 294 g/mol. The number of aromatic nitrogens is 1. The summed E-state index contributed by atoms with van der Waals surface area (Å²) in [5, 5.41) is 4.00. The fourth-order valence-corrected chi connectivity index (χ4v) is 3.75. The van der Waals surface area contributed by atoms with E-state index in [1.54, 1.807) is 0 Å². The van der Waals surface area contributed by atoms with Crippen LogP contribution in [0.25, 0.3) is 11.6 Å². The lowest BCUT2D eigenvalue weighted by Crippen LogP contribution is -2.34. The van der Waals surface area contributed by atoms with Gasteiger partial charge in [-0.1, -0.05) is 45.0 Å². The molecule has 1 aromatic carbocycles. The van der Waals surface area contributed by atoms with Crippen molar-refractivity contribution in [1.29, 1.82) is 0 Å². The van der Waals surface area contributed by atoms with Crippen molar-refractivity contribution in [3.63, 3.8) is 0 Å². The highest BCUT2D eigenvalue weighted by Crippen LogP contribution is 2.46. The first-order valence-electron chi connectivity index (χ1n) is 8.88. The van der Waals surface area contributed by atoms with E-state index in [1.807, 2.05) is 13.0 Å². The maximum Gasteiger partial charge on any atom is 0.162 e. The predicted octanol–water partition coefficient (Wildman–Crippen LogP) is 6.20. The van der Waals surface area contributed by atoms with Crippen LogP contribution >= 0.6 is 0 Å². The second-order valence-corrected chi connectivity index (χ2v) is 8.68. The van der Waals surface area contributed by atoms with Gasteiger partial charge in [0.15, 0.2) is 5.76 Å². The summed E-state index contributed by atoms with van der Waals surface area (Å²) in [4.78, 5) is 0. The Bertz CT molecular complexity index is 805. The van der Waals surface area contributed by atoms with Gasteiger partial charge in [0, 0.05) is 6.07 Å². The lowest BCUT2D eigenvalue weighted by molar-refractivity contribution is 0.331. The molecular formula is C22H29NO. The zero-order valence-corrected chi connectivity index (χ0v) is 16.1. The minimum atomic E-state index is 0.234. The average Bonchev–Trinajstić information content (AvgIpc) is 2.92. The smallest absolute Gasteiger partial charge is 0.162 e. The molecule has 0 aliphatic heterocycles. The number of hydrogen-bond acceptors (Lipinski definition) is 2. The molecule has 0 spiro atoms. The number of rotatable bonds is 2. The van der Waals surface area contributed by atoms with E-state index in [1.165, 1.54) is 35.1 Å². The summed E-state index contributed by atoms with van der Waals surface area (Å²) in [6, 6.07) is 6.80. The molecule has 24 heavy (non-hydrogen) atoms. The third kappa shape index (κ3) is 2.94. The molecule has 0 radical (unpaired) electrons. The SMILES string of the molecule is CC(=Cc1cc2c(cc1C)C(C)(C)CCC2(C)C)c1cc(C)no1. The largest absolute Gasteiger partial charge is 0.356 e. The van der Waals surface area contributed by atoms with Crippen molar-refractivity contribution in [2.45, 2.75) is 72.1 Å². The molecule has 128 valence electrons. The third-order valence-electron chi connectivity index (χ3n) is 5.63. The summed E-state index contributed by atoms with van der Waals surface area (Å²) in [6.45, 7) is 15.7. The molecule has 0 bridgehead atoms. The van der Waals surface area contributed by atoms with Crippen LogP contribution in [0.2, 0.25) is 0 Å². The van der Waals surface area contributed by atoms with Gasteiger partial charge in [0.25, 0.3) is 0 Å². The standard InChI is InChI=1S/C22H29NO/c1-14-11-18-19(22(6,7)9-8-21(18,4)5)13-17(14)10-15(2)20-12-16(3)23-24-20/h10-13H,8-9H2,1-7H3. The first kappa shape index (κ1) is 17.0. The normalized spacial score (nSPS) is 19.2. The Morgan fingerprint density at radius 2 is 1.58 bits per heavy atom. The highest BCUT2D eigenvalue weighted by Gasteiger charge is 2.37. The summed E-state index contributed by atoms with van der Waals surface area (Å²) in [5.41, 5.74) is 8.15. The molecule has 0 amide bonds. The Labute approximate surface area is 146 Å². The molecule has 0 unspecified atom stereocenters. The Hall–Kier alpha value is -1.83. The van der Waals surface area contributed by atoms with Gasteiger partial charge >= 0.3 is 0 Å². The molecule has 2 heteroatoms. The van der Waals surface area contributed by atoms with Gasteiger partial charge in [-0.3, -0.25) is 0 Å². The number of hydrogen-bond donors (Lipinski definition) is 0. The summed E-state index contributed by atoms with van der Waals surface area (Å²) < 4.78 is 5.41. The molecule has 0 N–H and O–H groups in total. The van der Waals surface area contributed by atoms with Crippen LogP contribution < -0.4 is 0 Å². The molecule has 1 aromatic heterocycles. The predicted molar refractivity (Wildman–Crippen MR) is 101 cm³/mol. The Morgan fingerprint density at radius 3 is 2.12 bits per heavy atom. The summed E-state index contributed by atoms with van der Waals surface area (Å²) in [5.74, 6) is 0.851. The lowest BCUT2D eigenvalue weighted by Gasteiger charge is -2.42. The summed E-state index contributed by atoms with van der Waals surface area (Å²) >= 11 is 0. The minimum absolute atomic E-state index is 0.234. The van der Waals surface area contributed by atoms with Crippen molar-refractivity contribution in [2.75, 3.05) is 0 Å². The Kier molecular flexibility index (Phi) is 3.98. The highest BCUT2D eigenvalue weighted by molar-refractivity contribution is 5.79. The van der Waals surface area contributed by atoms with Crippen molar-refractivity contribution in [3.05, 3.63) is 51.9 Å². The molecule has 0 saturated heterocycles. The second kappa shape index (κ2) is 5.61. The average molecular weight is 323 g/mol. The van der Waals surface area contributed by atoms with Crippen molar-refractivity contribution >= 4 is 11.6 Å². The van der Waals surface area contributed by atoms with Crippen LogP contribution in [0.4, 0.5) is 0 Å². The molecule has 3 rings (SSSR count). The summed E-state index contributed by atoms with van der Waals surface area (Å²) in [7, 11) is 0. The molecule has 0 atom stereocenters. The van der Waals surface area contributed by atoms with Crippen LogP contribution in [0.15, 0.2) is 22.7 Å². The van der Waals surface area contributed by atoms with Gasteiger partial charge < -0.3 is 4.52 Å². The van der Waals surface area contributed by atoms with Gasteiger partial charge in [0.2, 0.25) is 0 Å². The number of nitrogens with zero attached hydrogens (tertiary/aromatic N) is 1. The molecule has 1 aliphatic carbocycles. The molecule has 0 saturated carbocycles. The first-order valence-corrected chi connectivity index (χ1v) is 8.88. The first-order chi connectivity index (χ1) is 11.1. The monoisotopic (exact) mass is 323 g/mol. The van der Waals surface area contributed by atoms with Crippen LogP contribution in [-0.2, 0) is 10.8 Å². The topological polar surface area (TPSA) is 26.0 Å². The molecule has 2 aromatic rings. The number of allylic oxidation sites excluding steroid dienone is 1. The van der Waals surface area contributed by atoms with E-state index in [0.29, 0.717) is 0 Å². The van der Waals surface area contributed by atoms with Gasteiger partial charge in [-0.05, 0) is 78.3 Å². The van der Waals surface area contributed by atoms with Gasteiger partial charge in [-0.2, -0.15) is 0 Å². The van der Waals surface area contributed by atoms with E-state index in [2.05, 4.69) is 64.9 Å². The van der Waals surface area contributed by atoms with Crippen molar-refractivity contribution in [2.24, 2.45) is 0 Å². The lowest BCUT2D eigenvalue weighted by atomic mass is 9.62. The van der Waals surface area contributed by atoms with E-state index >= 15 is 0 Å². The number of aryl methyl sites for hydroxylation is 2. The van der Waals surface area contributed by atoms with Crippen LogP contribution in [0.3, 0.4) is 0 Å². The molecule has 2 nitrogen and oxygen atoms in total. The fraction of sp³-hybridized carbons (Fsp3) is 0.500. The van der Waals surface area contributed by atoms with Crippen LogP contribution in [0, 0.1) is 13.8 Å². The van der Waals surface area contributed by atoms with Crippen molar-refractivity contribution < 1.29 is 4.52 Å². The van der Waals surface area contributed by atoms with Gasteiger partial charge in [-0.15, -0.1) is 0 Å². The zero-order valence-electron chi connectivity index (χ0n) is 16.1. The van der Waals surface area contributed by atoms with E-state index in [0.717, 1.165) is 17.0 Å². The summed E-state index contributed by atoms with van der Waals surface area (Å²) in [6.07, 6.45) is 4.71. The van der Waals surface area contributed by atoms with Crippen LogP contribution in [-0.4, -0.2) is 5.16 Å². The minimum Gasteiger partial charge on any atom is -0.356 e.